The monoisotopic (exact) mass is 499 g/mol. The number of pyridine rings is 1. The molecule has 6 nitrogen and oxygen atoms in total. The minimum absolute atomic E-state index is 0.106. The van der Waals surface area contributed by atoms with Gasteiger partial charge in [-0.05, 0) is 48.1 Å². The van der Waals surface area contributed by atoms with Gasteiger partial charge in [0.25, 0.3) is 0 Å². The summed E-state index contributed by atoms with van der Waals surface area (Å²) in [7, 11) is 0. The molecular weight excluding hydrogens is 470 g/mol. The molecule has 1 N–H and O–H groups in total. The van der Waals surface area contributed by atoms with E-state index in [1.807, 2.05) is 53.6 Å². The molecule has 188 valence electrons. The van der Waals surface area contributed by atoms with Crippen molar-refractivity contribution >= 4 is 22.5 Å². The molecule has 1 aliphatic heterocycles. The first-order chi connectivity index (χ1) is 18.6. The molecule has 0 bridgehead atoms. The lowest BCUT2D eigenvalue weighted by atomic mass is 9.96. The van der Waals surface area contributed by atoms with E-state index in [2.05, 4.69) is 54.5 Å². The Morgan fingerprint density at radius 1 is 0.974 bits per heavy atom. The average molecular weight is 500 g/mol. The van der Waals surface area contributed by atoms with Crippen LogP contribution in [0.1, 0.15) is 29.3 Å². The number of nitrogens with one attached hydrogen (secondary N) is 1. The van der Waals surface area contributed by atoms with Crippen LogP contribution >= 0.6 is 0 Å². The first kappa shape index (κ1) is 23.8. The van der Waals surface area contributed by atoms with Gasteiger partial charge in [-0.3, -0.25) is 4.98 Å². The number of carbonyl (C=O) groups is 1. The highest BCUT2D eigenvalue weighted by atomic mass is 16.2. The number of amides is 2. The second-order valence-electron chi connectivity index (χ2n) is 9.69. The molecule has 3 heterocycles. The maximum absolute atomic E-state index is 13.3. The molecule has 0 atom stereocenters. The number of aryl methyl sites for hydroxylation is 2. The Labute approximate surface area is 222 Å². The van der Waals surface area contributed by atoms with E-state index in [9.17, 15) is 4.79 Å². The second-order valence-corrected chi connectivity index (χ2v) is 9.69. The third-order valence-electron chi connectivity index (χ3n) is 7.26. The van der Waals surface area contributed by atoms with Crippen molar-refractivity contribution in [2.75, 3.05) is 11.9 Å². The predicted molar refractivity (Wildman–Crippen MR) is 152 cm³/mol. The Hall–Kier alpha value is -4.58. The Morgan fingerprint density at radius 3 is 2.68 bits per heavy atom. The smallest absolute Gasteiger partial charge is 0.320 e. The SMILES string of the molecule is CCc1cccc(NC(=O)N2CCc3nc(-c4cccc5cnccc45)nc(-c4ccccc4C)c3C2)c1. The lowest BCUT2D eigenvalue weighted by Crippen LogP contribution is -2.39. The summed E-state index contributed by atoms with van der Waals surface area (Å²) in [5.41, 5.74) is 8.09. The van der Waals surface area contributed by atoms with E-state index in [0.717, 1.165) is 56.5 Å². The zero-order chi connectivity index (χ0) is 26.1. The van der Waals surface area contributed by atoms with Crippen molar-refractivity contribution in [3.05, 3.63) is 108 Å². The molecule has 1 aliphatic rings. The van der Waals surface area contributed by atoms with Crippen LogP contribution in [0.5, 0.6) is 0 Å². The van der Waals surface area contributed by atoms with Crippen LogP contribution in [0.2, 0.25) is 0 Å². The quantitative estimate of drug-likeness (QED) is 0.295. The van der Waals surface area contributed by atoms with Crippen LogP contribution in [0.4, 0.5) is 10.5 Å². The van der Waals surface area contributed by atoms with Crippen molar-refractivity contribution in [1.82, 2.24) is 19.9 Å². The Kier molecular flexibility index (Phi) is 6.30. The summed E-state index contributed by atoms with van der Waals surface area (Å²) in [6.07, 6.45) is 5.26. The molecule has 6 rings (SSSR count). The largest absolute Gasteiger partial charge is 0.322 e. The van der Waals surface area contributed by atoms with Gasteiger partial charge >= 0.3 is 6.03 Å². The van der Waals surface area contributed by atoms with Crippen molar-refractivity contribution in [1.29, 1.82) is 0 Å². The first-order valence-corrected chi connectivity index (χ1v) is 13.0. The van der Waals surface area contributed by atoms with Gasteiger partial charge in [0.05, 0.1) is 17.9 Å². The Balaban J connectivity index is 1.41. The van der Waals surface area contributed by atoms with Gasteiger partial charge in [-0.25, -0.2) is 14.8 Å². The van der Waals surface area contributed by atoms with Gasteiger partial charge in [0.1, 0.15) is 0 Å². The lowest BCUT2D eigenvalue weighted by molar-refractivity contribution is 0.206. The molecule has 0 fully saturated rings. The summed E-state index contributed by atoms with van der Waals surface area (Å²) in [6.45, 7) is 5.26. The standard InChI is InChI=1S/C32H29N5O/c1-3-22-9-6-11-24(18-22)34-32(38)37-17-15-29-28(20-37)30(25-12-5-4-8-21(25)2)36-31(35-29)27-13-7-10-23-19-33-16-14-26(23)27/h4-14,16,18-19H,3,15,17,20H2,1-2H3,(H,34,38). The first-order valence-electron chi connectivity index (χ1n) is 13.0. The van der Waals surface area contributed by atoms with Crippen LogP contribution in [-0.2, 0) is 19.4 Å². The maximum atomic E-state index is 13.3. The van der Waals surface area contributed by atoms with Crippen LogP contribution in [0, 0.1) is 6.92 Å². The zero-order valence-electron chi connectivity index (χ0n) is 21.6. The second kappa shape index (κ2) is 10.1. The summed E-state index contributed by atoms with van der Waals surface area (Å²) >= 11 is 0. The summed E-state index contributed by atoms with van der Waals surface area (Å²) in [4.78, 5) is 29.6. The topological polar surface area (TPSA) is 71.0 Å². The number of fused-ring (bicyclic) bond motifs is 2. The van der Waals surface area contributed by atoms with E-state index in [0.29, 0.717) is 25.3 Å². The van der Waals surface area contributed by atoms with Gasteiger partial charge in [-0.2, -0.15) is 0 Å². The molecule has 0 saturated carbocycles. The number of carbonyl (C=O) groups excluding carboxylic acids is 1. The van der Waals surface area contributed by atoms with Gasteiger partial charge in [-0.1, -0.05) is 61.5 Å². The van der Waals surface area contributed by atoms with Gasteiger partial charge in [0.2, 0.25) is 0 Å². The van der Waals surface area contributed by atoms with E-state index in [1.165, 1.54) is 5.56 Å². The lowest BCUT2D eigenvalue weighted by Gasteiger charge is -2.30. The fourth-order valence-corrected chi connectivity index (χ4v) is 5.16. The van der Waals surface area contributed by atoms with Gasteiger partial charge < -0.3 is 10.2 Å². The Morgan fingerprint density at radius 2 is 1.82 bits per heavy atom. The molecule has 0 saturated heterocycles. The number of aromatic nitrogens is 3. The highest BCUT2D eigenvalue weighted by molar-refractivity contribution is 5.95. The Bertz CT molecular complexity index is 1660. The molecule has 3 aromatic carbocycles. The molecule has 0 spiro atoms. The summed E-state index contributed by atoms with van der Waals surface area (Å²) in [5, 5.41) is 5.21. The minimum atomic E-state index is -0.106. The summed E-state index contributed by atoms with van der Waals surface area (Å²) < 4.78 is 0. The number of hydrogen-bond donors (Lipinski definition) is 1. The molecule has 38 heavy (non-hydrogen) atoms. The molecule has 0 unspecified atom stereocenters. The van der Waals surface area contributed by atoms with Crippen LogP contribution in [0.15, 0.2) is 85.2 Å². The fraction of sp³-hybridized carbons (Fsp3) is 0.188. The number of benzene rings is 3. The van der Waals surface area contributed by atoms with Gasteiger partial charge in [0, 0.05) is 53.1 Å². The molecule has 2 amide bonds. The average Bonchev–Trinajstić information content (AvgIpc) is 2.96. The number of nitrogens with zero attached hydrogens (tertiary/aromatic N) is 4. The number of rotatable bonds is 4. The maximum Gasteiger partial charge on any atom is 0.322 e. The highest BCUT2D eigenvalue weighted by Gasteiger charge is 2.27. The third-order valence-corrected chi connectivity index (χ3v) is 7.26. The van der Waals surface area contributed by atoms with E-state index in [1.54, 1.807) is 6.20 Å². The van der Waals surface area contributed by atoms with Crippen molar-refractivity contribution in [2.45, 2.75) is 33.2 Å². The number of urea groups is 1. The van der Waals surface area contributed by atoms with E-state index < -0.39 is 0 Å². The highest BCUT2D eigenvalue weighted by Crippen LogP contribution is 2.34. The molecule has 2 aromatic heterocycles. The molecule has 6 heteroatoms. The normalized spacial score (nSPS) is 12.8. The van der Waals surface area contributed by atoms with Crippen LogP contribution in [0.25, 0.3) is 33.4 Å². The molecular formula is C32H29N5O. The minimum Gasteiger partial charge on any atom is -0.320 e. The van der Waals surface area contributed by atoms with E-state index in [4.69, 9.17) is 9.97 Å². The molecule has 0 radical (unpaired) electrons. The van der Waals surface area contributed by atoms with Crippen molar-refractivity contribution in [2.24, 2.45) is 0 Å². The predicted octanol–water partition coefficient (Wildman–Crippen LogP) is 6.82. The van der Waals surface area contributed by atoms with Crippen molar-refractivity contribution < 1.29 is 4.79 Å². The van der Waals surface area contributed by atoms with Crippen LogP contribution < -0.4 is 5.32 Å². The summed E-state index contributed by atoms with van der Waals surface area (Å²) in [6, 6.07) is 24.3. The van der Waals surface area contributed by atoms with Gasteiger partial charge in [0.15, 0.2) is 5.82 Å². The van der Waals surface area contributed by atoms with Gasteiger partial charge in [-0.15, -0.1) is 0 Å². The fourth-order valence-electron chi connectivity index (χ4n) is 5.16. The van der Waals surface area contributed by atoms with Crippen molar-refractivity contribution in [3.8, 4) is 22.6 Å². The third kappa shape index (κ3) is 4.50. The van der Waals surface area contributed by atoms with Crippen LogP contribution in [-0.4, -0.2) is 32.4 Å². The summed E-state index contributed by atoms with van der Waals surface area (Å²) in [5.74, 6) is 0.702. The zero-order valence-corrected chi connectivity index (χ0v) is 21.6. The molecule has 5 aromatic rings. The van der Waals surface area contributed by atoms with Crippen molar-refractivity contribution in [3.63, 3.8) is 0 Å². The van der Waals surface area contributed by atoms with E-state index in [-0.39, 0.29) is 6.03 Å². The van der Waals surface area contributed by atoms with E-state index >= 15 is 0 Å². The van der Waals surface area contributed by atoms with Crippen LogP contribution in [0.3, 0.4) is 0 Å². The number of hydrogen-bond acceptors (Lipinski definition) is 4. The molecule has 0 aliphatic carbocycles. The number of anilines is 1.